The zero-order chi connectivity index (χ0) is 19.4. The van der Waals surface area contributed by atoms with Crippen LogP contribution in [0.15, 0.2) is 18.2 Å². The van der Waals surface area contributed by atoms with Crippen LogP contribution in [0.1, 0.15) is 36.0 Å². The van der Waals surface area contributed by atoms with Crippen molar-refractivity contribution in [2.45, 2.75) is 49.9 Å². The normalized spacial score (nSPS) is 28.0. The molecule has 1 aliphatic carbocycles. The molecule has 1 aliphatic heterocycles. The van der Waals surface area contributed by atoms with Crippen LogP contribution in [0.5, 0.6) is 0 Å². The number of halogens is 2. The van der Waals surface area contributed by atoms with Crippen molar-refractivity contribution in [3.63, 3.8) is 0 Å². The molecule has 148 valence electrons. The topological polar surface area (TPSA) is 91.5 Å². The van der Waals surface area contributed by atoms with Crippen LogP contribution in [-0.2, 0) is 9.53 Å². The highest BCUT2D eigenvalue weighted by Gasteiger charge is 2.36. The van der Waals surface area contributed by atoms with E-state index >= 15 is 0 Å². The molecule has 1 saturated carbocycles. The van der Waals surface area contributed by atoms with Crippen LogP contribution in [0.2, 0.25) is 10.0 Å². The van der Waals surface area contributed by atoms with Gasteiger partial charge in [0.2, 0.25) is 5.91 Å². The van der Waals surface area contributed by atoms with E-state index in [1.165, 1.54) is 0 Å². The molecule has 27 heavy (non-hydrogen) atoms. The number of nitrogens with one attached hydrogen (secondary N) is 4. The molecule has 0 spiro atoms. The average molecular weight is 415 g/mol. The van der Waals surface area contributed by atoms with Gasteiger partial charge in [0.25, 0.3) is 5.91 Å². The number of amides is 2. The molecule has 4 N–H and O–H groups in total. The van der Waals surface area contributed by atoms with E-state index in [-0.39, 0.29) is 33.7 Å². The van der Waals surface area contributed by atoms with E-state index in [4.69, 9.17) is 27.9 Å². The van der Waals surface area contributed by atoms with Crippen LogP contribution in [0.4, 0.5) is 0 Å². The first-order chi connectivity index (χ1) is 13.0. The van der Waals surface area contributed by atoms with Gasteiger partial charge in [0.15, 0.2) is 0 Å². The summed E-state index contributed by atoms with van der Waals surface area (Å²) in [4.78, 5) is 25.3. The summed E-state index contributed by atoms with van der Waals surface area (Å²) in [5, 5.41) is 6.46. The highest BCUT2D eigenvalue weighted by atomic mass is 35.5. The van der Waals surface area contributed by atoms with Crippen LogP contribution in [0.25, 0.3) is 0 Å². The zero-order valence-electron chi connectivity index (χ0n) is 15.1. The maximum Gasteiger partial charge on any atom is 0.254 e. The fraction of sp³-hybridized carbons (Fsp3) is 0.556. The number of carbonyl (C=O) groups is 2. The first-order valence-electron chi connectivity index (χ1n) is 9.06. The maximum absolute atomic E-state index is 12.7. The lowest BCUT2D eigenvalue weighted by atomic mass is 9.92. The Balaban J connectivity index is 1.58. The van der Waals surface area contributed by atoms with Crippen molar-refractivity contribution in [2.24, 2.45) is 0 Å². The Labute approximate surface area is 168 Å². The van der Waals surface area contributed by atoms with Gasteiger partial charge >= 0.3 is 0 Å². The van der Waals surface area contributed by atoms with Crippen LogP contribution in [0.3, 0.4) is 0 Å². The van der Waals surface area contributed by atoms with Gasteiger partial charge in [-0.25, -0.2) is 5.43 Å². The van der Waals surface area contributed by atoms with Gasteiger partial charge in [0.1, 0.15) is 6.04 Å². The molecule has 3 rings (SSSR count). The SMILES string of the molecule is COC1CCC(NC(=O)C2NNCC2NC(=O)c2c(Cl)cccc2Cl)CC1. The summed E-state index contributed by atoms with van der Waals surface area (Å²) in [5.41, 5.74) is 6.08. The minimum atomic E-state index is -0.574. The maximum atomic E-state index is 12.7. The Kier molecular flexibility index (Phi) is 6.94. The predicted molar refractivity (Wildman–Crippen MR) is 104 cm³/mol. The largest absolute Gasteiger partial charge is 0.381 e. The van der Waals surface area contributed by atoms with E-state index in [2.05, 4.69) is 21.5 Å². The zero-order valence-corrected chi connectivity index (χ0v) is 16.6. The van der Waals surface area contributed by atoms with Crippen LogP contribution in [-0.4, -0.2) is 49.7 Å². The highest BCUT2D eigenvalue weighted by molar-refractivity contribution is 6.39. The molecule has 1 saturated heterocycles. The standard InChI is InChI=1S/C18H24Cl2N4O3/c1-27-11-7-5-10(6-8-11)22-18(26)16-14(9-21-24-16)23-17(25)15-12(19)3-2-4-13(15)20/h2-4,10-11,14,16,21,24H,5-9H2,1H3,(H,22,26)(H,23,25). The lowest BCUT2D eigenvalue weighted by Gasteiger charge is -2.29. The second-order valence-electron chi connectivity index (χ2n) is 6.90. The number of methoxy groups -OCH3 is 1. The average Bonchev–Trinajstić information content (AvgIpc) is 3.10. The van der Waals surface area contributed by atoms with Gasteiger partial charge in [0, 0.05) is 19.7 Å². The molecule has 2 fully saturated rings. The molecule has 1 aromatic carbocycles. The van der Waals surface area contributed by atoms with Gasteiger partial charge in [-0.15, -0.1) is 0 Å². The molecule has 7 nitrogen and oxygen atoms in total. The summed E-state index contributed by atoms with van der Waals surface area (Å²) in [6.45, 7) is 0.419. The summed E-state index contributed by atoms with van der Waals surface area (Å²) in [7, 11) is 1.72. The van der Waals surface area contributed by atoms with E-state index in [0.717, 1.165) is 25.7 Å². The lowest BCUT2D eigenvalue weighted by Crippen LogP contribution is -2.55. The van der Waals surface area contributed by atoms with Gasteiger partial charge in [0.05, 0.1) is 27.8 Å². The Morgan fingerprint density at radius 3 is 2.41 bits per heavy atom. The number of ether oxygens (including phenoxy) is 1. The van der Waals surface area contributed by atoms with E-state index in [1.54, 1.807) is 25.3 Å². The highest BCUT2D eigenvalue weighted by Crippen LogP contribution is 2.24. The van der Waals surface area contributed by atoms with Crippen molar-refractivity contribution >= 4 is 35.0 Å². The van der Waals surface area contributed by atoms with E-state index in [9.17, 15) is 9.59 Å². The number of rotatable bonds is 5. The molecule has 0 aromatic heterocycles. The molecule has 0 radical (unpaired) electrons. The molecule has 1 heterocycles. The summed E-state index contributed by atoms with van der Waals surface area (Å²) in [5.74, 6) is -0.545. The quantitative estimate of drug-likeness (QED) is 0.587. The molecular weight excluding hydrogens is 391 g/mol. The van der Waals surface area contributed by atoms with Crippen LogP contribution >= 0.6 is 23.2 Å². The second kappa shape index (κ2) is 9.21. The van der Waals surface area contributed by atoms with Gasteiger partial charge in [-0.05, 0) is 37.8 Å². The fourth-order valence-electron chi connectivity index (χ4n) is 3.57. The van der Waals surface area contributed by atoms with E-state index in [1.807, 2.05) is 0 Å². The van der Waals surface area contributed by atoms with Crippen LogP contribution in [0, 0.1) is 0 Å². The van der Waals surface area contributed by atoms with Gasteiger partial charge in [-0.3, -0.25) is 15.0 Å². The monoisotopic (exact) mass is 414 g/mol. The first-order valence-corrected chi connectivity index (χ1v) is 9.81. The fourth-order valence-corrected chi connectivity index (χ4v) is 4.14. The molecule has 1 aromatic rings. The molecule has 2 aliphatic rings. The Morgan fingerprint density at radius 2 is 1.78 bits per heavy atom. The molecule has 9 heteroatoms. The van der Waals surface area contributed by atoms with E-state index in [0.29, 0.717) is 6.54 Å². The van der Waals surface area contributed by atoms with Gasteiger partial charge < -0.3 is 15.4 Å². The van der Waals surface area contributed by atoms with Gasteiger partial charge in [-0.2, -0.15) is 0 Å². The smallest absolute Gasteiger partial charge is 0.254 e. The third-order valence-electron chi connectivity index (χ3n) is 5.12. The number of carbonyl (C=O) groups excluding carboxylic acids is 2. The number of hydrazine groups is 1. The van der Waals surface area contributed by atoms with E-state index < -0.39 is 18.0 Å². The molecule has 2 unspecified atom stereocenters. The second-order valence-corrected chi connectivity index (χ2v) is 7.71. The van der Waals surface area contributed by atoms with Gasteiger partial charge in [-0.1, -0.05) is 29.3 Å². The summed E-state index contributed by atoms with van der Waals surface area (Å²) in [6, 6.07) is 4.02. The van der Waals surface area contributed by atoms with Crippen molar-refractivity contribution < 1.29 is 14.3 Å². The van der Waals surface area contributed by atoms with Crippen molar-refractivity contribution in [1.29, 1.82) is 0 Å². The molecule has 2 amide bonds. The van der Waals surface area contributed by atoms with Crippen molar-refractivity contribution in [3.05, 3.63) is 33.8 Å². The minimum absolute atomic E-state index is 0.126. The number of benzene rings is 1. The van der Waals surface area contributed by atoms with Crippen molar-refractivity contribution in [3.8, 4) is 0 Å². The third-order valence-corrected chi connectivity index (χ3v) is 5.75. The lowest BCUT2D eigenvalue weighted by molar-refractivity contribution is -0.124. The summed E-state index contributed by atoms with van der Waals surface area (Å²) in [6.07, 6.45) is 3.91. The first kappa shape index (κ1) is 20.4. The Hall–Kier alpha value is -1.38. The summed E-state index contributed by atoms with van der Waals surface area (Å²) < 4.78 is 5.36. The van der Waals surface area contributed by atoms with Crippen molar-refractivity contribution in [1.82, 2.24) is 21.5 Å². The number of hydrogen-bond donors (Lipinski definition) is 4. The van der Waals surface area contributed by atoms with Crippen molar-refractivity contribution in [2.75, 3.05) is 13.7 Å². The van der Waals surface area contributed by atoms with Crippen LogP contribution < -0.4 is 21.5 Å². The molecule has 2 atom stereocenters. The number of hydrogen-bond acceptors (Lipinski definition) is 5. The minimum Gasteiger partial charge on any atom is -0.381 e. The summed E-state index contributed by atoms with van der Waals surface area (Å²) >= 11 is 12.2. The Bertz CT molecular complexity index is 675. The Morgan fingerprint density at radius 1 is 1.11 bits per heavy atom. The molecular formula is C18H24Cl2N4O3. The molecule has 0 bridgehead atoms. The third kappa shape index (κ3) is 4.92. The predicted octanol–water partition coefficient (Wildman–Crippen LogP) is 1.64.